The monoisotopic (exact) mass is 448 g/mol. The topological polar surface area (TPSA) is 39.7 Å². The molecule has 0 aliphatic carbocycles. The van der Waals surface area contributed by atoms with Gasteiger partial charge in [0, 0.05) is 61.8 Å². The van der Waals surface area contributed by atoms with E-state index in [1.54, 1.807) is 17.6 Å². The van der Waals surface area contributed by atoms with Crippen molar-refractivity contribution >= 4 is 57.4 Å². The summed E-state index contributed by atoms with van der Waals surface area (Å²) in [6.07, 6.45) is 0. The summed E-state index contributed by atoms with van der Waals surface area (Å²) in [6, 6.07) is 14.0. The van der Waals surface area contributed by atoms with Gasteiger partial charge in [-0.25, -0.2) is 0 Å². The van der Waals surface area contributed by atoms with Crippen LogP contribution in [-0.2, 0) is 6.54 Å². The number of anilines is 1. The zero-order chi connectivity index (χ0) is 19.1. The Kier molecular flexibility index (Phi) is 5.97. The average molecular weight is 449 g/mol. The highest BCUT2D eigenvalue weighted by molar-refractivity contribution is 7.13. The number of aromatic nitrogens is 1. The second-order valence-corrected chi connectivity index (χ2v) is 8.60. The largest absolute Gasteiger partial charge is 0.353 e. The molecule has 1 saturated heterocycles. The number of halogens is 2. The van der Waals surface area contributed by atoms with Crippen LogP contribution in [0.5, 0.6) is 0 Å². The molecule has 8 heteroatoms. The predicted octanol–water partition coefficient (Wildman–Crippen LogP) is 4.15. The molecule has 0 N–H and O–H groups in total. The van der Waals surface area contributed by atoms with Crippen LogP contribution < -0.4 is 4.90 Å². The van der Waals surface area contributed by atoms with Crippen molar-refractivity contribution in [2.24, 2.45) is 0 Å². The van der Waals surface area contributed by atoms with Gasteiger partial charge in [0.05, 0.1) is 4.70 Å². The number of rotatable bonds is 4. The molecule has 0 saturated carbocycles. The van der Waals surface area contributed by atoms with Gasteiger partial charge in [0.2, 0.25) is 0 Å². The summed E-state index contributed by atoms with van der Waals surface area (Å²) in [5, 5.41) is 1.87. The third-order valence-corrected chi connectivity index (χ3v) is 6.72. The normalized spacial score (nSPS) is 16.9. The highest BCUT2D eigenvalue weighted by atomic mass is 35.5. The highest BCUT2D eigenvalue weighted by Crippen LogP contribution is 2.30. The number of nitrogens with zero attached hydrogens (tertiary/aromatic N) is 4. The Morgan fingerprint density at radius 2 is 1.83 bits per heavy atom. The summed E-state index contributed by atoms with van der Waals surface area (Å²) in [5.41, 5.74) is 1.84. The van der Waals surface area contributed by atoms with Gasteiger partial charge in [-0.2, -0.15) is 4.37 Å². The Morgan fingerprint density at radius 1 is 1.03 bits per heavy atom. The van der Waals surface area contributed by atoms with E-state index in [-0.39, 0.29) is 18.3 Å². The van der Waals surface area contributed by atoms with Crippen molar-refractivity contribution in [1.29, 1.82) is 0 Å². The van der Waals surface area contributed by atoms with Gasteiger partial charge >= 0.3 is 0 Å². The second kappa shape index (κ2) is 8.48. The Morgan fingerprint density at radius 3 is 2.66 bits per heavy atom. The molecular weight excluding hydrogens is 427 g/mol. The van der Waals surface area contributed by atoms with Gasteiger partial charge < -0.3 is 9.80 Å². The zero-order valence-electron chi connectivity index (χ0n) is 15.9. The Hall–Kier alpha value is -1.86. The molecule has 152 valence electrons. The van der Waals surface area contributed by atoms with E-state index in [0.717, 1.165) is 56.2 Å². The predicted molar refractivity (Wildman–Crippen MR) is 122 cm³/mol. The standard InChI is InChI=1S/C21H21ClN4OS.ClH/c22-16-6-5-15-14-26(21(27)18(15)13-16)12-9-24-7-10-25(11-8-24)20-17-3-1-2-4-19(17)28-23-20;/h1-6,13H,7-12,14H2;1H. The summed E-state index contributed by atoms with van der Waals surface area (Å²) in [4.78, 5) is 19.3. The lowest BCUT2D eigenvalue weighted by atomic mass is 10.1. The van der Waals surface area contributed by atoms with Crippen LogP contribution >= 0.6 is 35.5 Å². The van der Waals surface area contributed by atoms with E-state index in [4.69, 9.17) is 11.6 Å². The van der Waals surface area contributed by atoms with Crippen LogP contribution in [0.3, 0.4) is 0 Å². The Balaban J connectivity index is 0.00000205. The summed E-state index contributed by atoms with van der Waals surface area (Å²) >= 11 is 7.61. The van der Waals surface area contributed by atoms with Crippen LogP contribution in [0.1, 0.15) is 15.9 Å². The first-order valence-electron chi connectivity index (χ1n) is 9.58. The van der Waals surface area contributed by atoms with E-state index in [1.165, 1.54) is 10.1 Å². The molecule has 0 unspecified atom stereocenters. The minimum atomic E-state index is 0. The molecule has 5 nitrogen and oxygen atoms in total. The molecule has 2 aliphatic rings. The van der Waals surface area contributed by atoms with Gasteiger partial charge in [-0.3, -0.25) is 9.69 Å². The fraction of sp³-hybridized carbons (Fsp3) is 0.333. The van der Waals surface area contributed by atoms with Gasteiger partial charge in [0.15, 0.2) is 0 Å². The average Bonchev–Trinajstić information content (AvgIpc) is 3.28. The van der Waals surface area contributed by atoms with Crippen molar-refractivity contribution in [2.75, 3.05) is 44.2 Å². The summed E-state index contributed by atoms with van der Waals surface area (Å²) in [7, 11) is 0. The molecule has 1 aromatic heterocycles. The maximum atomic E-state index is 12.6. The molecule has 1 amide bonds. The first-order chi connectivity index (χ1) is 13.7. The highest BCUT2D eigenvalue weighted by Gasteiger charge is 2.28. The molecule has 29 heavy (non-hydrogen) atoms. The van der Waals surface area contributed by atoms with Gasteiger partial charge in [-0.15, -0.1) is 12.4 Å². The van der Waals surface area contributed by atoms with Crippen LogP contribution in [0.25, 0.3) is 10.1 Å². The smallest absolute Gasteiger partial charge is 0.254 e. The third-order valence-electron chi connectivity index (χ3n) is 5.67. The molecular formula is C21H22Cl2N4OS. The van der Waals surface area contributed by atoms with Gasteiger partial charge in [-0.1, -0.05) is 29.8 Å². The van der Waals surface area contributed by atoms with Crippen molar-refractivity contribution in [3.8, 4) is 0 Å². The molecule has 3 heterocycles. The molecule has 2 aliphatic heterocycles. The molecule has 1 fully saturated rings. The molecule has 0 atom stereocenters. The van der Waals surface area contributed by atoms with E-state index in [2.05, 4.69) is 38.4 Å². The SMILES string of the molecule is Cl.O=C1c2cc(Cl)ccc2CN1CCN1CCN(c2nsc3ccccc23)CC1. The number of benzene rings is 2. The minimum Gasteiger partial charge on any atom is -0.353 e. The molecule has 5 rings (SSSR count). The number of carbonyl (C=O) groups is 1. The number of piperazine rings is 1. The van der Waals surface area contributed by atoms with Crippen molar-refractivity contribution in [3.05, 3.63) is 58.6 Å². The van der Waals surface area contributed by atoms with Gasteiger partial charge in [0.1, 0.15) is 5.82 Å². The fourth-order valence-electron chi connectivity index (χ4n) is 4.06. The molecule has 2 aromatic carbocycles. The van der Waals surface area contributed by atoms with Gasteiger partial charge in [-0.05, 0) is 41.4 Å². The van der Waals surface area contributed by atoms with Crippen LogP contribution in [-0.4, -0.2) is 59.3 Å². The zero-order valence-corrected chi connectivity index (χ0v) is 18.3. The second-order valence-electron chi connectivity index (χ2n) is 7.36. The lowest BCUT2D eigenvalue weighted by molar-refractivity contribution is 0.0756. The quantitative estimate of drug-likeness (QED) is 0.600. The van der Waals surface area contributed by atoms with E-state index in [9.17, 15) is 4.79 Å². The maximum absolute atomic E-state index is 12.6. The van der Waals surface area contributed by atoms with E-state index in [1.807, 2.05) is 17.0 Å². The summed E-state index contributed by atoms with van der Waals surface area (Å²) in [6.45, 7) is 6.27. The van der Waals surface area contributed by atoms with Crippen molar-refractivity contribution in [1.82, 2.24) is 14.2 Å². The van der Waals surface area contributed by atoms with Crippen LogP contribution in [0.4, 0.5) is 5.82 Å². The Bertz CT molecular complexity index is 1030. The number of hydrogen-bond donors (Lipinski definition) is 0. The van der Waals surface area contributed by atoms with Gasteiger partial charge in [0.25, 0.3) is 5.91 Å². The maximum Gasteiger partial charge on any atom is 0.254 e. The fourth-order valence-corrected chi connectivity index (χ4v) is 5.03. The van der Waals surface area contributed by atoms with Crippen LogP contribution in [0, 0.1) is 0 Å². The van der Waals surface area contributed by atoms with Crippen LogP contribution in [0.15, 0.2) is 42.5 Å². The van der Waals surface area contributed by atoms with E-state index in [0.29, 0.717) is 11.6 Å². The minimum absolute atomic E-state index is 0. The number of hydrogen-bond acceptors (Lipinski definition) is 5. The lowest BCUT2D eigenvalue weighted by Crippen LogP contribution is -2.48. The van der Waals surface area contributed by atoms with Crippen molar-refractivity contribution < 1.29 is 4.79 Å². The van der Waals surface area contributed by atoms with Crippen molar-refractivity contribution in [2.45, 2.75) is 6.54 Å². The van der Waals surface area contributed by atoms with E-state index >= 15 is 0 Å². The molecule has 0 radical (unpaired) electrons. The molecule has 3 aromatic rings. The first kappa shape index (κ1) is 20.4. The summed E-state index contributed by atoms with van der Waals surface area (Å²) in [5.74, 6) is 1.22. The number of fused-ring (bicyclic) bond motifs is 2. The third kappa shape index (κ3) is 3.94. The summed E-state index contributed by atoms with van der Waals surface area (Å²) < 4.78 is 5.92. The van der Waals surface area contributed by atoms with E-state index < -0.39 is 0 Å². The Labute approximate surface area is 185 Å². The lowest BCUT2D eigenvalue weighted by Gasteiger charge is -2.35. The first-order valence-corrected chi connectivity index (χ1v) is 10.7. The van der Waals surface area contributed by atoms with Crippen molar-refractivity contribution in [3.63, 3.8) is 0 Å². The van der Waals surface area contributed by atoms with Crippen LogP contribution in [0.2, 0.25) is 5.02 Å². The number of carbonyl (C=O) groups excluding carboxylic acids is 1. The molecule has 0 bridgehead atoms. The number of amides is 1. The molecule has 0 spiro atoms.